The summed E-state index contributed by atoms with van der Waals surface area (Å²) in [5.74, 6) is -0.772. The first-order chi connectivity index (χ1) is 9.41. The molecule has 6 heteroatoms. The number of rotatable bonds is 6. The van der Waals surface area contributed by atoms with Gasteiger partial charge in [0.05, 0.1) is 11.9 Å². The highest BCUT2D eigenvalue weighted by molar-refractivity contribution is 7.99. The van der Waals surface area contributed by atoms with E-state index in [0.29, 0.717) is 6.04 Å². The van der Waals surface area contributed by atoms with Crippen molar-refractivity contribution in [2.24, 2.45) is 5.41 Å². The second-order valence-electron chi connectivity index (χ2n) is 5.74. The molecule has 20 heavy (non-hydrogen) atoms. The third kappa shape index (κ3) is 2.59. The Morgan fingerprint density at radius 2 is 2.35 bits per heavy atom. The van der Waals surface area contributed by atoms with Crippen molar-refractivity contribution in [3.05, 3.63) is 11.9 Å². The van der Waals surface area contributed by atoms with Crippen LogP contribution in [0.5, 0.6) is 0 Å². The summed E-state index contributed by atoms with van der Waals surface area (Å²) in [5.41, 5.74) is 1.20. The van der Waals surface area contributed by atoms with Gasteiger partial charge in [0.1, 0.15) is 0 Å². The fraction of sp³-hybridized carbons (Fsp3) is 0.714. The number of carboxylic acid groups (broad SMARTS) is 1. The van der Waals surface area contributed by atoms with Crippen LogP contribution in [0.3, 0.4) is 0 Å². The smallest absolute Gasteiger partial charge is 0.313 e. The van der Waals surface area contributed by atoms with E-state index in [1.54, 1.807) is 7.11 Å². The normalized spacial score (nSPS) is 24.4. The molecular weight excluding hydrogens is 276 g/mol. The van der Waals surface area contributed by atoms with Crippen LogP contribution in [0.1, 0.15) is 38.9 Å². The molecule has 1 fully saturated rings. The molecule has 1 heterocycles. The van der Waals surface area contributed by atoms with Crippen LogP contribution in [0.4, 0.5) is 0 Å². The lowest BCUT2D eigenvalue weighted by Crippen LogP contribution is -2.51. The van der Waals surface area contributed by atoms with Gasteiger partial charge >= 0.3 is 5.97 Å². The molecule has 0 aliphatic heterocycles. The number of aryl methyl sites for hydroxylation is 1. The Balaban J connectivity index is 2.26. The predicted molar refractivity (Wildman–Crippen MR) is 78.2 cm³/mol. The minimum Gasteiger partial charge on any atom is -0.481 e. The van der Waals surface area contributed by atoms with Crippen LogP contribution in [0.2, 0.25) is 0 Å². The number of carbonyl (C=O) groups is 1. The van der Waals surface area contributed by atoms with Crippen molar-refractivity contribution in [3.8, 4) is 0 Å². The van der Waals surface area contributed by atoms with Gasteiger partial charge in [-0.2, -0.15) is 0 Å². The summed E-state index contributed by atoms with van der Waals surface area (Å²) < 4.78 is 7.72. The number of aromatic nitrogens is 2. The van der Waals surface area contributed by atoms with E-state index in [4.69, 9.17) is 9.84 Å². The van der Waals surface area contributed by atoms with Gasteiger partial charge in [-0.1, -0.05) is 32.5 Å². The Hall–Kier alpha value is -1.01. The van der Waals surface area contributed by atoms with Gasteiger partial charge in [-0.15, -0.1) is 0 Å². The van der Waals surface area contributed by atoms with Crippen LogP contribution < -0.4 is 0 Å². The van der Waals surface area contributed by atoms with Gasteiger partial charge in [0.2, 0.25) is 0 Å². The van der Waals surface area contributed by atoms with E-state index in [1.165, 1.54) is 11.8 Å². The van der Waals surface area contributed by atoms with Gasteiger partial charge in [-0.3, -0.25) is 4.79 Å². The average Bonchev–Trinajstić information content (AvgIpc) is 2.78. The van der Waals surface area contributed by atoms with Crippen molar-refractivity contribution in [3.63, 3.8) is 0 Å². The number of carboxylic acids is 1. The summed E-state index contributed by atoms with van der Waals surface area (Å²) >= 11 is 1.29. The second-order valence-corrected chi connectivity index (χ2v) is 6.68. The fourth-order valence-electron chi connectivity index (χ4n) is 2.91. The van der Waals surface area contributed by atoms with Gasteiger partial charge < -0.3 is 14.4 Å². The number of imidazole rings is 1. The number of nitrogens with zero attached hydrogens (tertiary/aromatic N) is 2. The van der Waals surface area contributed by atoms with Crippen molar-refractivity contribution in [2.75, 3.05) is 12.9 Å². The third-order valence-electron chi connectivity index (χ3n) is 4.25. The van der Waals surface area contributed by atoms with E-state index in [-0.39, 0.29) is 17.3 Å². The van der Waals surface area contributed by atoms with Gasteiger partial charge in [-0.05, 0) is 12.8 Å². The lowest BCUT2D eigenvalue weighted by atomic mass is 9.64. The maximum absolute atomic E-state index is 10.8. The van der Waals surface area contributed by atoms with Gasteiger partial charge in [0.15, 0.2) is 5.16 Å². The molecule has 0 amide bonds. The van der Waals surface area contributed by atoms with Crippen LogP contribution >= 0.6 is 11.8 Å². The zero-order chi connectivity index (χ0) is 14.9. The van der Waals surface area contributed by atoms with Crippen molar-refractivity contribution in [2.45, 2.75) is 50.9 Å². The number of hydrogen-bond donors (Lipinski definition) is 1. The van der Waals surface area contributed by atoms with Crippen LogP contribution in [-0.2, 0) is 16.0 Å². The summed E-state index contributed by atoms with van der Waals surface area (Å²) in [7, 11) is 1.75. The van der Waals surface area contributed by atoms with E-state index in [0.717, 1.165) is 23.7 Å². The summed E-state index contributed by atoms with van der Waals surface area (Å²) in [6.45, 7) is 6.49. The quantitative estimate of drug-likeness (QED) is 0.818. The van der Waals surface area contributed by atoms with Crippen LogP contribution in [0.25, 0.3) is 0 Å². The minimum atomic E-state index is -0.815. The molecule has 5 nitrogen and oxygen atoms in total. The van der Waals surface area contributed by atoms with Crippen LogP contribution in [0.15, 0.2) is 11.4 Å². The van der Waals surface area contributed by atoms with Crippen molar-refractivity contribution < 1.29 is 14.6 Å². The number of hydrogen-bond acceptors (Lipinski definition) is 4. The zero-order valence-electron chi connectivity index (χ0n) is 12.4. The van der Waals surface area contributed by atoms with Gasteiger partial charge in [0, 0.05) is 30.5 Å². The Bertz CT molecular complexity index is 499. The molecule has 1 aromatic rings. The molecule has 0 saturated heterocycles. The Kier molecular flexibility index (Phi) is 4.44. The molecule has 1 N–H and O–H groups in total. The SMILES string of the molecule is CCc1cnc(SCC(=O)O)n1C1CC(OC)C1(C)C. The highest BCUT2D eigenvalue weighted by atomic mass is 32.2. The topological polar surface area (TPSA) is 64.3 Å². The highest BCUT2D eigenvalue weighted by Crippen LogP contribution is 2.52. The summed E-state index contributed by atoms with van der Waals surface area (Å²) in [5, 5.41) is 9.65. The van der Waals surface area contributed by atoms with Crippen molar-refractivity contribution in [1.29, 1.82) is 0 Å². The molecule has 0 aromatic carbocycles. The molecule has 1 aromatic heterocycles. The third-order valence-corrected chi connectivity index (χ3v) is 5.20. The van der Waals surface area contributed by atoms with E-state index < -0.39 is 5.97 Å². The molecule has 1 aliphatic rings. The van der Waals surface area contributed by atoms with Crippen molar-refractivity contribution >= 4 is 17.7 Å². The first-order valence-corrected chi connectivity index (χ1v) is 7.83. The zero-order valence-corrected chi connectivity index (χ0v) is 13.2. The molecule has 2 unspecified atom stereocenters. The highest BCUT2D eigenvalue weighted by Gasteiger charge is 2.50. The lowest BCUT2D eigenvalue weighted by Gasteiger charge is -2.52. The standard InChI is InChI=1S/C14H22N2O3S/c1-5-9-7-15-13(20-8-12(17)18)16(9)10-6-11(19-4)14(10,2)3/h7,10-11H,5-6,8H2,1-4H3,(H,17,18). The van der Waals surface area contributed by atoms with Crippen LogP contribution in [0, 0.1) is 5.41 Å². The Labute approximate surface area is 123 Å². The number of thioether (sulfide) groups is 1. The molecule has 0 bridgehead atoms. The molecule has 1 saturated carbocycles. The summed E-state index contributed by atoms with van der Waals surface area (Å²) in [6.07, 6.45) is 3.95. The van der Waals surface area contributed by atoms with E-state index >= 15 is 0 Å². The van der Waals surface area contributed by atoms with Gasteiger partial charge in [-0.25, -0.2) is 4.98 Å². The summed E-state index contributed by atoms with van der Waals surface area (Å²) in [4.78, 5) is 15.2. The maximum atomic E-state index is 10.8. The second kappa shape index (κ2) is 5.77. The lowest BCUT2D eigenvalue weighted by molar-refractivity contribution is -0.133. The van der Waals surface area contributed by atoms with E-state index in [1.807, 2.05) is 6.20 Å². The van der Waals surface area contributed by atoms with Crippen LogP contribution in [-0.4, -0.2) is 39.6 Å². The molecule has 112 valence electrons. The van der Waals surface area contributed by atoms with Crippen molar-refractivity contribution in [1.82, 2.24) is 9.55 Å². The molecular formula is C14H22N2O3S. The Morgan fingerprint density at radius 3 is 2.85 bits per heavy atom. The van der Waals surface area contributed by atoms with E-state index in [9.17, 15) is 4.79 Å². The molecule has 1 aliphatic carbocycles. The molecule has 0 radical (unpaired) electrons. The maximum Gasteiger partial charge on any atom is 0.313 e. The van der Waals surface area contributed by atoms with Gasteiger partial charge in [0.25, 0.3) is 0 Å². The predicted octanol–water partition coefficient (Wildman–Crippen LogP) is 2.61. The summed E-state index contributed by atoms with van der Waals surface area (Å²) in [6, 6.07) is 0.321. The van der Waals surface area contributed by atoms with E-state index in [2.05, 4.69) is 30.3 Å². The largest absolute Gasteiger partial charge is 0.481 e. The monoisotopic (exact) mass is 298 g/mol. The fourth-order valence-corrected chi connectivity index (χ4v) is 3.67. The number of aliphatic carboxylic acids is 1. The average molecular weight is 298 g/mol. The molecule has 0 spiro atoms. The minimum absolute atomic E-state index is 0.0396. The first-order valence-electron chi connectivity index (χ1n) is 6.85. The number of methoxy groups -OCH3 is 1. The number of ether oxygens (including phenoxy) is 1. The first kappa shape index (κ1) is 15.4. The Morgan fingerprint density at radius 1 is 1.65 bits per heavy atom. The molecule has 2 rings (SSSR count). The molecule has 2 atom stereocenters.